The summed E-state index contributed by atoms with van der Waals surface area (Å²) in [4.78, 5) is 28.8. The number of hydrogen-bond donors (Lipinski definition) is 1. The van der Waals surface area contributed by atoms with E-state index in [0.29, 0.717) is 38.5 Å². The first kappa shape index (κ1) is 13.6. The number of carbonyl (C=O) groups is 2. The third kappa shape index (κ3) is 2.86. The average molecular weight is 293 g/mol. The highest BCUT2D eigenvalue weighted by atomic mass is 32.1. The predicted octanol–water partition coefficient (Wildman–Crippen LogP) is 0.642. The van der Waals surface area contributed by atoms with Crippen LogP contribution in [0.2, 0.25) is 0 Å². The Hall–Kier alpha value is -1.40. The normalized spacial score (nSPS) is 19.8. The molecule has 108 valence electrons. The minimum Gasteiger partial charge on any atom is -0.339 e. The molecule has 0 bridgehead atoms. The molecule has 0 spiro atoms. The van der Waals surface area contributed by atoms with Crippen LogP contribution >= 0.6 is 11.3 Å². The molecular formula is C14H19N3O2S. The fraction of sp³-hybridized carbons (Fsp3) is 0.571. The summed E-state index contributed by atoms with van der Waals surface area (Å²) in [5.41, 5.74) is 0. The number of carbonyl (C=O) groups excluding carboxylic acids is 2. The van der Waals surface area contributed by atoms with Gasteiger partial charge in [-0.3, -0.25) is 9.59 Å². The van der Waals surface area contributed by atoms with Gasteiger partial charge in [-0.1, -0.05) is 6.07 Å². The van der Waals surface area contributed by atoms with Crippen molar-refractivity contribution >= 4 is 23.2 Å². The molecule has 0 unspecified atom stereocenters. The maximum absolute atomic E-state index is 12.2. The van der Waals surface area contributed by atoms with Crippen molar-refractivity contribution in [3.63, 3.8) is 0 Å². The molecule has 1 aromatic rings. The molecule has 2 aliphatic rings. The number of rotatable bonds is 3. The van der Waals surface area contributed by atoms with Gasteiger partial charge in [0.25, 0.3) is 5.91 Å². The van der Waals surface area contributed by atoms with Gasteiger partial charge in [0.1, 0.15) is 0 Å². The predicted molar refractivity (Wildman–Crippen MR) is 77.8 cm³/mol. The van der Waals surface area contributed by atoms with E-state index >= 15 is 0 Å². The van der Waals surface area contributed by atoms with Crippen molar-refractivity contribution in [2.45, 2.75) is 6.42 Å². The summed E-state index contributed by atoms with van der Waals surface area (Å²) in [6.45, 7) is 4.54. The van der Waals surface area contributed by atoms with Crippen LogP contribution in [0.25, 0.3) is 0 Å². The van der Waals surface area contributed by atoms with Gasteiger partial charge in [-0.25, -0.2) is 0 Å². The molecule has 3 heterocycles. The molecule has 0 saturated carbocycles. The lowest BCUT2D eigenvalue weighted by Crippen LogP contribution is -2.52. The van der Waals surface area contributed by atoms with E-state index in [1.807, 2.05) is 27.3 Å². The summed E-state index contributed by atoms with van der Waals surface area (Å²) >= 11 is 1.47. The number of amides is 2. The molecule has 0 aliphatic carbocycles. The topological polar surface area (TPSA) is 52.7 Å². The number of hydrogen-bond acceptors (Lipinski definition) is 4. The molecular weight excluding hydrogens is 274 g/mol. The van der Waals surface area contributed by atoms with Crippen LogP contribution in [0.1, 0.15) is 16.1 Å². The van der Waals surface area contributed by atoms with E-state index in [-0.39, 0.29) is 11.8 Å². The van der Waals surface area contributed by atoms with E-state index in [9.17, 15) is 9.59 Å². The Balaban J connectivity index is 1.49. The molecule has 0 aromatic carbocycles. The van der Waals surface area contributed by atoms with Crippen molar-refractivity contribution in [3.05, 3.63) is 22.4 Å². The number of nitrogens with one attached hydrogen (secondary N) is 1. The first-order chi connectivity index (χ1) is 9.74. The molecule has 0 atom stereocenters. The Morgan fingerprint density at radius 2 is 1.90 bits per heavy atom. The molecule has 2 aliphatic heterocycles. The molecule has 2 amide bonds. The lowest BCUT2D eigenvalue weighted by Gasteiger charge is -2.36. The number of thiophene rings is 1. The van der Waals surface area contributed by atoms with Gasteiger partial charge in [-0.15, -0.1) is 11.3 Å². The van der Waals surface area contributed by atoms with Gasteiger partial charge in [0.15, 0.2) is 0 Å². The lowest BCUT2D eigenvalue weighted by molar-refractivity contribution is -0.134. The van der Waals surface area contributed by atoms with Crippen LogP contribution in [0.15, 0.2) is 17.5 Å². The highest BCUT2D eigenvalue weighted by Gasteiger charge is 2.28. The third-order valence-electron chi connectivity index (χ3n) is 3.98. The van der Waals surface area contributed by atoms with Crippen molar-refractivity contribution in [1.29, 1.82) is 0 Å². The Morgan fingerprint density at radius 3 is 2.45 bits per heavy atom. The van der Waals surface area contributed by atoms with E-state index in [1.54, 1.807) is 0 Å². The van der Waals surface area contributed by atoms with Crippen LogP contribution in [0.5, 0.6) is 0 Å². The third-order valence-corrected chi connectivity index (χ3v) is 4.84. The summed E-state index contributed by atoms with van der Waals surface area (Å²) < 4.78 is 0. The van der Waals surface area contributed by atoms with Crippen LogP contribution in [-0.4, -0.2) is 60.9 Å². The van der Waals surface area contributed by atoms with Crippen LogP contribution in [0.3, 0.4) is 0 Å². The number of piperazine rings is 1. The van der Waals surface area contributed by atoms with Gasteiger partial charge in [0.2, 0.25) is 5.91 Å². The molecule has 20 heavy (non-hydrogen) atoms. The summed E-state index contributed by atoms with van der Waals surface area (Å²) in [7, 11) is 0. The zero-order chi connectivity index (χ0) is 13.9. The largest absolute Gasteiger partial charge is 0.339 e. The minimum absolute atomic E-state index is 0.0929. The van der Waals surface area contributed by atoms with E-state index in [0.717, 1.165) is 18.0 Å². The standard InChI is InChI=1S/C14H19N3O2S/c18-13(8-11-9-15-10-11)16-3-5-17(6-4-16)14(19)12-2-1-7-20-12/h1-2,7,11,15H,3-6,8-10H2. The van der Waals surface area contributed by atoms with Crippen molar-refractivity contribution in [3.8, 4) is 0 Å². The van der Waals surface area contributed by atoms with Gasteiger partial charge in [-0.05, 0) is 30.5 Å². The highest BCUT2D eigenvalue weighted by Crippen LogP contribution is 2.15. The molecule has 0 radical (unpaired) electrons. The molecule has 2 fully saturated rings. The molecule has 5 nitrogen and oxygen atoms in total. The minimum atomic E-state index is 0.0929. The molecule has 1 aromatic heterocycles. The fourth-order valence-electron chi connectivity index (χ4n) is 2.58. The van der Waals surface area contributed by atoms with Crippen LogP contribution in [0.4, 0.5) is 0 Å². The Bertz CT molecular complexity index is 477. The summed E-state index contributed by atoms with van der Waals surface area (Å²) in [6, 6.07) is 3.75. The zero-order valence-electron chi connectivity index (χ0n) is 11.4. The van der Waals surface area contributed by atoms with Gasteiger partial charge in [-0.2, -0.15) is 0 Å². The van der Waals surface area contributed by atoms with Gasteiger partial charge >= 0.3 is 0 Å². The van der Waals surface area contributed by atoms with E-state index in [2.05, 4.69) is 5.32 Å². The first-order valence-corrected chi connectivity index (χ1v) is 7.93. The molecule has 6 heteroatoms. The van der Waals surface area contributed by atoms with E-state index < -0.39 is 0 Å². The van der Waals surface area contributed by atoms with Crippen molar-refractivity contribution in [2.75, 3.05) is 39.3 Å². The fourth-order valence-corrected chi connectivity index (χ4v) is 3.27. The van der Waals surface area contributed by atoms with Gasteiger partial charge in [0.05, 0.1) is 4.88 Å². The maximum atomic E-state index is 12.2. The molecule has 3 rings (SSSR count). The maximum Gasteiger partial charge on any atom is 0.264 e. The van der Waals surface area contributed by atoms with Crippen LogP contribution < -0.4 is 5.32 Å². The van der Waals surface area contributed by atoms with Crippen molar-refractivity contribution in [1.82, 2.24) is 15.1 Å². The van der Waals surface area contributed by atoms with E-state index in [4.69, 9.17) is 0 Å². The van der Waals surface area contributed by atoms with Gasteiger partial charge < -0.3 is 15.1 Å². The Morgan fingerprint density at radius 1 is 1.20 bits per heavy atom. The van der Waals surface area contributed by atoms with Crippen LogP contribution in [-0.2, 0) is 4.79 Å². The number of nitrogens with zero attached hydrogens (tertiary/aromatic N) is 2. The average Bonchev–Trinajstić information content (AvgIpc) is 2.96. The lowest BCUT2D eigenvalue weighted by atomic mass is 9.98. The van der Waals surface area contributed by atoms with Crippen molar-refractivity contribution < 1.29 is 9.59 Å². The summed E-state index contributed by atoms with van der Waals surface area (Å²) in [5, 5.41) is 5.10. The van der Waals surface area contributed by atoms with Crippen LogP contribution in [0, 0.1) is 5.92 Å². The Kier molecular flexibility index (Phi) is 4.03. The van der Waals surface area contributed by atoms with Crippen molar-refractivity contribution in [2.24, 2.45) is 5.92 Å². The SMILES string of the molecule is O=C(CC1CNC1)N1CCN(C(=O)c2cccs2)CC1. The second kappa shape index (κ2) is 5.93. The monoisotopic (exact) mass is 293 g/mol. The quantitative estimate of drug-likeness (QED) is 0.890. The smallest absolute Gasteiger partial charge is 0.264 e. The second-order valence-corrected chi connectivity index (χ2v) is 6.33. The molecule has 2 saturated heterocycles. The summed E-state index contributed by atoms with van der Waals surface area (Å²) in [6.07, 6.45) is 0.645. The molecule has 1 N–H and O–H groups in total. The second-order valence-electron chi connectivity index (χ2n) is 5.38. The van der Waals surface area contributed by atoms with E-state index in [1.165, 1.54) is 11.3 Å². The zero-order valence-corrected chi connectivity index (χ0v) is 12.2. The highest BCUT2D eigenvalue weighted by molar-refractivity contribution is 7.12. The first-order valence-electron chi connectivity index (χ1n) is 7.05. The van der Waals surface area contributed by atoms with Gasteiger partial charge in [0, 0.05) is 32.6 Å². The summed E-state index contributed by atoms with van der Waals surface area (Å²) in [5.74, 6) is 0.836. The Labute approximate surface area is 122 Å².